The Labute approximate surface area is 134 Å². The summed E-state index contributed by atoms with van der Waals surface area (Å²) in [4.78, 5) is 30.6. The van der Waals surface area contributed by atoms with Crippen LogP contribution in [-0.4, -0.2) is 79.1 Å². The van der Waals surface area contributed by atoms with Crippen molar-refractivity contribution in [2.75, 3.05) is 58.7 Å². The fourth-order valence-corrected chi connectivity index (χ4v) is 2.36. The molecule has 1 fully saturated rings. The Morgan fingerprint density at radius 1 is 1.43 bits per heavy atom. The molecule has 0 amide bonds. The van der Waals surface area contributed by atoms with Crippen LogP contribution in [0.2, 0.25) is 0 Å². The van der Waals surface area contributed by atoms with E-state index in [9.17, 15) is 14.9 Å². The fourth-order valence-electron chi connectivity index (χ4n) is 2.36. The largest absolute Gasteiger partial charge is 0.465 e. The van der Waals surface area contributed by atoms with Crippen LogP contribution in [0.25, 0.3) is 0 Å². The van der Waals surface area contributed by atoms with Crippen molar-refractivity contribution in [3.63, 3.8) is 0 Å². The SMILES string of the molecule is COC(=O)c1cnc(NCCN2CCN(C)CC2)c([N+](=O)[O-])c1. The summed E-state index contributed by atoms with van der Waals surface area (Å²) in [5.74, 6) is -0.485. The van der Waals surface area contributed by atoms with Gasteiger partial charge in [-0.1, -0.05) is 0 Å². The van der Waals surface area contributed by atoms with Gasteiger partial charge in [0.05, 0.1) is 17.6 Å². The Hall–Kier alpha value is -2.26. The van der Waals surface area contributed by atoms with Crippen molar-refractivity contribution in [1.29, 1.82) is 0 Å². The number of anilines is 1. The highest BCUT2D eigenvalue weighted by Gasteiger charge is 2.20. The van der Waals surface area contributed by atoms with E-state index in [-0.39, 0.29) is 17.1 Å². The lowest BCUT2D eigenvalue weighted by Gasteiger charge is -2.32. The molecule has 1 aliphatic heterocycles. The van der Waals surface area contributed by atoms with Gasteiger partial charge in [0.1, 0.15) is 0 Å². The molecule has 1 aliphatic rings. The first-order valence-electron chi connectivity index (χ1n) is 7.38. The molecular weight excluding hydrogens is 302 g/mol. The summed E-state index contributed by atoms with van der Waals surface area (Å²) in [5.41, 5.74) is -0.171. The van der Waals surface area contributed by atoms with Gasteiger partial charge < -0.3 is 15.0 Å². The molecule has 1 saturated heterocycles. The second-order valence-corrected chi connectivity index (χ2v) is 5.41. The number of carbonyl (C=O) groups is 1. The standard InChI is InChI=1S/C14H21N5O4/c1-17-5-7-18(8-6-17)4-3-15-13-12(19(21)22)9-11(10-16-13)14(20)23-2/h9-10H,3-8H2,1-2H3,(H,15,16). The molecule has 0 spiro atoms. The van der Waals surface area contributed by atoms with Crippen LogP contribution in [0.3, 0.4) is 0 Å². The number of hydrogen-bond donors (Lipinski definition) is 1. The van der Waals surface area contributed by atoms with Gasteiger partial charge in [0.15, 0.2) is 0 Å². The molecule has 0 bridgehead atoms. The second kappa shape index (κ2) is 7.84. The van der Waals surface area contributed by atoms with E-state index in [0.717, 1.165) is 32.7 Å². The molecule has 0 aromatic carbocycles. The van der Waals surface area contributed by atoms with Crippen molar-refractivity contribution in [2.24, 2.45) is 0 Å². The van der Waals surface area contributed by atoms with Crippen LogP contribution in [0.5, 0.6) is 0 Å². The highest BCUT2D eigenvalue weighted by atomic mass is 16.6. The second-order valence-electron chi connectivity index (χ2n) is 5.41. The summed E-state index contributed by atoms with van der Waals surface area (Å²) in [6.07, 6.45) is 1.27. The number of pyridine rings is 1. The van der Waals surface area contributed by atoms with E-state index >= 15 is 0 Å². The minimum Gasteiger partial charge on any atom is -0.465 e. The topological polar surface area (TPSA) is 101 Å². The third kappa shape index (κ3) is 4.60. The Morgan fingerprint density at radius 3 is 2.74 bits per heavy atom. The number of likely N-dealkylation sites (N-methyl/N-ethyl adjacent to an activating group) is 1. The number of aromatic nitrogens is 1. The number of piperazine rings is 1. The molecule has 0 atom stereocenters. The highest BCUT2D eigenvalue weighted by molar-refractivity contribution is 5.90. The van der Waals surface area contributed by atoms with Crippen LogP contribution in [-0.2, 0) is 4.74 Å². The first-order valence-corrected chi connectivity index (χ1v) is 7.38. The number of nitro groups is 1. The highest BCUT2D eigenvalue weighted by Crippen LogP contribution is 2.22. The fraction of sp³-hybridized carbons (Fsp3) is 0.571. The van der Waals surface area contributed by atoms with Crippen molar-refractivity contribution in [2.45, 2.75) is 0 Å². The van der Waals surface area contributed by atoms with E-state index in [2.05, 4.69) is 31.9 Å². The maximum atomic E-state index is 11.4. The van der Waals surface area contributed by atoms with Crippen molar-refractivity contribution in [3.05, 3.63) is 27.9 Å². The molecule has 0 radical (unpaired) electrons. The third-order valence-corrected chi connectivity index (χ3v) is 3.80. The van der Waals surface area contributed by atoms with Crippen molar-refractivity contribution in [3.8, 4) is 0 Å². The average molecular weight is 323 g/mol. The van der Waals surface area contributed by atoms with Crippen molar-refractivity contribution in [1.82, 2.24) is 14.8 Å². The number of esters is 1. The lowest BCUT2D eigenvalue weighted by atomic mass is 10.2. The number of nitrogens with zero attached hydrogens (tertiary/aromatic N) is 4. The van der Waals surface area contributed by atoms with Gasteiger partial charge in [0.25, 0.3) is 0 Å². The summed E-state index contributed by atoms with van der Waals surface area (Å²) >= 11 is 0. The van der Waals surface area contributed by atoms with E-state index in [1.54, 1.807) is 0 Å². The van der Waals surface area contributed by atoms with Gasteiger partial charge in [-0.05, 0) is 7.05 Å². The monoisotopic (exact) mass is 323 g/mol. The molecule has 1 aromatic rings. The smallest absolute Gasteiger partial charge is 0.339 e. The first kappa shape index (κ1) is 17.1. The predicted molar refractivity (Wildman–Crippen MR) is 84.7 cm³/mol. The van der Waals surface area contributed by atoms with E-state index in [0.29, 0.717) is 6.54 Å². The van der Waals surface area contributed by atoms with Crippen LogP contribution in [0.15, 0.2) is 12.3 Å². The molecule has 0 unspecified atom stereocenters. The first-order chi connectivity index (χ1) is 11.0. The van der Waals surface area contributed by atoms with Gasteiger partial charge >= 0.3 is 11.7 Å². The Bertz CT molecular complexity index is 572. The summed E-state index contributed by atoms with van der Waals surface area (Å²) < 4.78 is 4.55. The number of carbonyl (C=O) groups excluding carboxylic acids is 1. The van der Waals surface area contributed by atoms with Crippen LogP contribution in [0.4, 0.5) is 11.5 Å². The molecule has 0 aliphatic carbocycles. The van der Waals surface area contributed by atoms with Gasteiger partial charge in [-0.25, -0.2) is 9.78 Å². The van der Waals surface area contributed by atoms with Crippen molar-refractivity contribution < 1.29 is 14.5 Å². The molecule has 1 N–H and O–H groups in total. The maximum absolute atomic E-state index is 11.4. The zero-order valence-corrected chi connectivity index (χ0v) is 13.3. The maximum Gasteiger partial charge on any atom is 0.339 e. The van der Waals surface area contributed by atoms with E-state index in [4.69, 9.17) is 0 Å². The van der Waals surface area contributed by atoms with Gasteiger partial charge in [0, 0.05) is 51.5 Å². The summed E-state index contributed by atoms with van der Waals surface area (Å²) in [6.45, 7) is 5.34. The molecule has 126 valence electrons. The summed E-state index contributed by atoms with van der Waals surface area (Å²) in [7, 11) is 3.31. The lowest BCUT2D eigenvalue weighted by molar-refractivity contribution is -0.384. The summed E-state index contributed by atoms with van der Waals surface area (Å²) in [6, 6.07) is 1.18. The van der Waals surface area contributed by atoms with E-state index in [1.807, 2.05) is 0 Å². The number of methoxy groups -OCH3 is 1. The molecular formula is C14H21N5O4. The molecule has 9 heteroatoms. The van der Waals surface area contributed by atoms with Gasteiger partial charge in [-0.15, -0.1) is 0 Å². The molecule has 1 aromatic heterocycles. The average Bonchev–Trinajstić information content (AvgIpc) is 2.56. The van der Waals surface area contributed by atoms with Crippen LogP contribution in [0.1, 0.15) is 10.4 Å². The van der Waals surface area contributed by atoms with Crippen LogP contribution >= 0.6 is 0 Å². The third-order valence-electron chi connectivity index (χ3n) is 3.80. The van der Waals surface area contributed by atoms with Crippen molar-refractivity contribution >= 4 is 17.5 Å². The molecule has 23 heavy (non-hydrogen) atoms. The van der Waals surface area contributed by atoms with E-state index in [1.165, 1.54) is 19.4 Å². The zero-order chi connectivity index (χ0) is 16.8. The minimum atomic E-state index is -0.649. The normalized spacial score (nSPS) is 16.1. The Kier molecular flexibility index (Phi) is 5.83. The predicted octanol–water partition coefficient (Wildman–Crippen LogP) is 0.436. The lowest BCUT2D eigenvalue weighted by Crippen LogP contribution is -2.45. The number of rotatable bonds is 6. The van der Waals surface area contributed by atoms with Gasteiger partial charge in [-0.2, -0.15) is 0 Å². The minimum absolute atomic E-state index is 0.0591. The quantitative estimate of drug-likeness (QED) is 0.457. The van der Waals surface area contributed by atoms with Gasteiger partial charge in [-0.3, -0.25) is 15.0 Å². The molecule has 2 heterocycles. The van der Waals surface area contributed by atoms with E-state index < -0.39 is 10.9 Å². The van der Waals surface area contributed by atoms with Crippen LogP contribution in [0, 0.1) is 10.1 Å². The Morgan fingerprint density at radius 2 is 2.13 bits per heavy atom. The molecule has 9 nitrogen and oxygen atoms in total. The van der Waals surface area contributed by atoms with Gasteiger partial charge in [0.2, 0.25) is 5.82 Å². The number of nitrogens with one attached hydrogen (secondary N) is 1. The zero-order valence-electron chi connectivity index (χ0n) is 13.3. The molecule has 2 rings (SSSR count). The number of ether oxygens (including phenoxy) is 1. The molecule has 0 saturated carbocycles. The number of hydrogen-bond acceptors (Lipinski definition) is 8. The summed E-state index contributed by atoms with van der Waals surface area (Å²) in [5, 5.41) is 14.1. The van der Waals surface area contributed by atoms with Crippen LogP contribution < -0.4 is 5.32 Å². The Balaban J connectivity index is 1.96.